The lowest BCUT2D eigenvalue weighted by Gasteiger charge is -2.07. The molecule has 0 fully saturated rings. The Hall–Kier alpha value is -2.44. The maximum Gasteiger partial charge on any atom is 0.292 e. The van der Waals surface area contributed by atoms with Crippen molar-refractivity contribution < 1.29 is 4.92 Å². The molecule has 1 aromatic carbocycles. The van der Waals surface area contributed by atoms with E-state index in [2.05, 4.69) is 14.8 Å². The Balaban J connectivity index is 2.08. The highest BCUT2D eigenvalue weighted by molar-refractivity contribution is 5.68. The van der Waals surface area contributed by atoms with Crippen LogP contribution in [-0.2, 0) is 13.0 Å². The molecule has 0 radical (unpaired) electrons. The molecule has 0 saturated carbocycles. The van der Waals surface area contributed by atoms with Crippen molar-refractivity contribution in [2.24, 2.45) is 0 Å². The first-order valence-corrected chi connectivity index (χ1v) is 6.63. The third-order valence-corrected chi connectivity index (χ3v) is 3.59. The summed E-state index contributed by atoms with van der Waals surface area (Å²) in [5, 5.41) is 19.4. The Morgan fingerprint density at radius 3 is 2.90 bits per heavy atom. The predicted octanol–water partition coefficient (Wildman–Crippen LogP) is 2.16. The summed E-state index contributed by atoms with van der Waals surface area (Å²) in [5.74, 6) is 1.64. The van der Waals surface area contributed by atoms with Crippen molar-refractivity contribution >= 4 is 11.4 Å². The summed E-state index contributed by atoms with van der Waals surface area (Å²) in [6.07, 6.45) is 4.27. The number of nitro benzene ring substituents is 1. The van der Waals surface area contributed by atoms with E-state index in [1.807, 2.05) is 0 Å². The van der Waals surface area contributed by atoms with Gasteiger partial charge in [0.2, 0.25) is 0 Å². The third-order valence-electron chi connectivity index (χ3n) is 3.59. The number of aromatic nitrogens is 3. The summed E-state index contributed by atoms with van der Waals surface area (Å²) in [5.41, 5.74) is 6.38. The normalized spacial score (nSPS) is 14.6. The van der Waals surface area contributed by atoms with E-state index in [9.17, 15) is 10.1 Å². The molecule has 7 heteroatoms. The first kappa shape index (κ1) is 12.6. The van der Waals surface area contributed by atoms with Gasteiger partial charge in [-0.25, -0.2) is 0 Å². The lowest BCUT2D eigenvalue weighted by molar-refractivity contribution is -0.383. The van der Waals surface area contributed by atoms with Crippen molar-refractivity contribution in [3.8, 4) is 11.4 Å². The average molecular weight is 273 g/mol. The molecule has 1 aliphatic rings. The van der Waals surface area contributed by atoms with Crippen LogP contribution >= 0.6 is 0 Å². The van der Waals surface area contributed by atoms with Gasteiger partial charge in [-0.1, -0.05) is 6.42 Å². The molecule has 0 atom stereocenters. The fraction of sp³-hybridized carbons (Fsp3) is 0.385. The SMILES string of the molecule is Nc1ccc(-c2nnc3n2CCCCC3)cc1[N+](=O)[O-]. The summed E-state index contributed by atoms with van der Waals surface area (Å²) < 4.78 is 2.06. The molecule has 2 N–H and O–H groups in total. The van der Waals surface area contributed by atoms with Gasteiger partial charge < -0.3 is 10.3 Å². The third kappa shape index (κ3) is 2.11. The molecule has 1 aliphatic heterocycles. The highest BCUT2D eigenvalue weighted by Crippen LogP contribution is 2.29. The Kier molecular flexibility index (Phi) is 3.09. The van der Waals surface area contributed by atoms with E-state index in [-0.39, 0.29) is 11.4 Å². The van der Waals surface area contributed by atoms with Crippen molar-refractivity contribution in [1.29, 1.82) is 0 Å². The van der Waals surface area contributed by atoms with Crippen molar-refractivity contribution in [1.82, 2.24) is 14.8 Å². The van der Waals surface area contributed by atoms with Gasteiger partial charge in [0.25, 0.3) is 5.69 Å². The molecule has 2 heterocycles. The summed E-state index contributed by atoms with van der Waals surface area (Å²) in [6, 6.07) is 4.77. The largest absolute Gasteiger partial charge is 0.393 e. The molecule has 3 rings (SSSR count). The highest BCUT2D eigenvalue weighted by Gasteiger charge is 2.19. The molecule has 0 amide bonds. The van der Waals surface area contributed by atoms with Crippen LogP contribution in [0.25, 0.3) is 11.4 Å². The van der Waals surface area contributed by atoms with Crippen LogP contribution < -0.4 is 5.73 Å². The van der Waals surface area contributed by atoms with Crippen molar-refractivity contribution in [2.75, 3.05) is 5.73 Å². The van der Waals surface area contributed by atoms with Gasteiger partial charge in [-0.15, -0.1) is 10.2 Å². The molecule has 7 nitrogen and oxygen atoms in total. The second kappa shape index (κ2) is 4.92. The zero-order chi connectivity index (χ0) is 14.1. The Morgan fingerprint density at radius 1 is 1.25 bits per heavy atom. The number of nitrogen functional groups attached to an aromatic ring is 1. The number of nitrogens with two attached hydrogens (primary N) is 1. The van der Waals surface area contributed by atoms with Crippen molar-refractivity contribution in [3.63, 3.8) is 0 Å². The van der Waals surface area contributed by atoms with Gasteiger partial charge in [0.05, 0.1) is 4.92 Å². The lowest BCUT2D eigenvalue weighted by Crippen LogP contribution is -2.03. The van der Waals surface area contributed by atoms with Crippen LogP contribution in [0.15, 0.2) is 18.2 Å². The summed E-state index contributed by atoms with van der Waals surface area (Å²) in [7, 11) is 0. The summed E-state index contributed by atoms with van der Waals surface area (Å²) in [6.45, 7) is 0.857. The molecule has 0 bridgehead atoms. The van der Waals surface area contributed by atoms with Crippen LogP contribution in [0.1, 0.15) is 25.1 Å². The fourth-order valence-corrected chi connectivity index (χ4v) is 2.54. The number of anilines is 1. The van der Waals surface area contributed by atoms with E-state index in [1.165, 1.54) is 12.5 Å². The topological polar surface area (TPSA) is 99.9 Å². The monoisotopic (exact) mass is 273 g/mol. The predicted molar refractivity (Wildman–Crippen MR) is 74.1 cm³/mol. The van der Waals surface area contributed by atoms with E-state index >= 15 is 0 Å². The molecular formula is C13H15N5O2. The quantitative estimate of drug-likeness (QED) is 0.513. The Bertz CT molecular complexity index is 665. The molecule has 0 aliphatic carbocycles. The van der Waals surface area contributed by atoms with Crippen LogP contribution in [0.5, 0.6) is 0 Å². The first-order chi connectivity index (χ1) is 9.66. The number of fused-ring (bicyclic) bond motifs is 1. The molecule has 1 aromatic heterocycles. The van der Waals surface area contributed by atoms with Gasteiger partial charge in [-0.05, 0) is 25.0 Å². The molecular weight excluding hydrogens is 258 g/mol. The van der Waals surface area contributed by atoms with E-state index in [4.69, 9.17) is 5.73 Å². The van der Waals surface area contributed by atoms with Crippen molar-refractivity contribution in [2.45, 2.75) is 32.2 Å². The molecule has 0 spiro atoms. The Morgan fingerprint density at radius 2 is 2.10 bits per heavy atom. The number of hydrogen-bond donors (Lipinski definition) is 1. The fourth-order valence-electron chi connectivity index (χ4n) is 2.54. The zero-order valence-corrected chi connectivity index (χ0v) is 11.0. The summed E-state index contributed by atoms with van der Waals surface area (Å²) >= 11 is 0. The van der Waals surface area contributed by atoms with Gasteiger partial charge in [-0.2, -0.15) is 0 Å². The zero-order valence-electron chi connectivity index (χ0n) is 11.0. The van der Waals surface area contributed by atoms with Gasteiger partial charge in [0, 0.05) is 24.6 Å². The van der Waals surface area contributed by atoms with Gasteiger partial charge >= 0.3 is 0 Å². The van der Waals surface area contributed by atoms with Gasteiger partial charge in [0.15, 0.2) is 5.82 Å². The van der Waals surface area contributed by atoms with Crippen LogP contribution in [0.4, 0.5) is 11.4 Å². The molecule has 0 saturated heterocycles. The smallest absolute Gasteiger partial charge is 0.292 e. The highest BCUT2D eigenvalue weighted by atomic mass is 16.6. The van der Waals surface area contributed by atoms with Gasteiger partial charge in [0.1, 0.15) is 11.5 Å². The molecule has 2 aromatic rings. The van der Waals surface area contributed by atoms with Crippen LogP contribution in [0.3, 0.4) is 0 Å². The van der Waals surface area contributed by atoms with E-state index in [0.717, 1.165) is 31.6 Å². The number of rotatable bonds is 2. The summed E-state index contributed by atoms with van der Waals surface area (Å²) in [4.78, 5) is 10.5. The van der Waals surface area contributed by atoms with Crippen LogP contribution in [0, 0.1) is 10.1 Å². The van der Waals surface area contributed by atoms with E-state index in [1.54, 1.807) is 12.1 Å². The number of hydrogen-bond acceptors (Lipinski definition) is 5. The van der Waals surface area contributed by atoms with Gasteiger partial charge in [-0.3, -0.25) is 10.1 Å². The number of nitrogens with zero attached hydrogens (tertiary/aromatic N) is 4. The van der Waals surface area contributed by atoms with E-state index in [0.29, 0.717) is 11.4 Å². The Labute approximate surface area is 115 Å². The van der Waals surface area contributed by atoms with Crippen LogP contribution in [0.2, 0.25) is 0 Å². The second-order valence-electron chi connectivity index (χ2n) is 4.93. The van der Waals surface area contributed by atoms with Crippen molar-refractivity contribution in [3.05, 3.63) is 34.1 Å². The minimum atomic E-state index is -0.474. The molecule has 20 heavy (non-hydrogen) atoms. The van der Waals surface area contributed by atoms with E-state index < -0.39 is 4.92 Å². The molecule has 104 valence electrons. The standard InChI is InChI=1S/C13H15N5O2/c14-10-6-5-9(8-11(10)18(19)20)13-16-15-12-4-2-1-3-7-17(12)13/h5-6,8H,1-4,7,14H2. The minimum absolute atomic E-state index is 0.0894. The lowest BCUT2D eigenvalue weighted by atomic mass is 10.1. The maximum absolute atomic E-state index is 11.0. The molecule has 0 unspecified atom stereocenters. The number of nitro groups is 1. The maximum atomic E-state index is 11.0. The minimum Gasteiger partial charge on any atom is -0.393 e. The number of benzene rings is 1. The van der Waals surface area contributed by atoms with Crippen LogP contribution in [-0.4, -0.2) is 19.7 Å². The first-order valence-electron chi connectivity index (χ1n) is 6.63. The average Bonchev–Trinajstić information content (AvgIpc) is 2.68. The second-order valence-corrected chi connectivity index (χ2v) is 4.93. The number of aryl methyl sites for hydroxylation is 1.